The first-order valence-electron chi connectivity index (χ1n) is 3.33. The van der Waals surface area contributed by atoms with Gasteiger partial charge in [-0.25, -0.2) is 4.98 Å². The Hall–Kier alpha value is -0.610. The number of aliphatic hydroxyl groups excluding tert-OH is 1. The molecule has 11 heavy (non-hydrogen) atoms. The Bertz CT molecular complexity index is 178. The van der Waals surface area contributed by atoms with Crippen molar-refractivity contribution in [1.82, 2.24) is 14.8 Å². The lowest BCUT2D eigenvalue weighted by Crippen LogP contribution is -2.14. The van der Waals surface area contributed by atoms with Gasteiger partial charge in [0, 0.05) is 0 Å². The molecule has 1 aromatic rings. The van der Waals surface area contributed by atoms with Crippen molar-refractivity contribution in [3.8, 4) is 0 Å². The van der Waals surface area contributed by atoms with Gasteiger partial charge in [-0.15, -0.1) is 12.4 Å². The molecule has 1 heterocycles. The second-order valence-electron chi connectivity index (χ2n) is 2.18. The molecule has 0 radical (unpaired) electrons. The minimum atomic E-state index is -0.304. The molecule has 0 aromatic carbocycles. The molecule has 0 fully saturated rings. The molecule has 0 amide bonds. The van der Waals surface area contributed by atoms with Crippen LogP contribution in [-0.4, -0.2) is 26.0 Å². The summed E-state index contributed by atoms with van der Waals surface area (Å²) in [7, 11) is 0. The summed E-state index contributed by atoms with van der Waals surface area (Å²) in [4.78, 5) is 3.75. The summed E-state index contributed by atoms with van der Waals surface area (Å²) in [6.45, 7) is 2.47. The summed E-state index contributed by atoms with van der Waals surface area (Å²) in [5, 5.41) is 13.0. The van der Waals surface area contributed by atoms with Crippen molar-refractivity contribution in [2.75, 3.05) is 0 Å². The van der Waals surface area contributed by atoms with E-state index in [1.54, 1.807) is 11.0 Å². The van der Waals surface area contributed by atoms with Crippen LogP contribution >= 0.6 is 12.4 Å². The maximum atomic E-state index is 9.14. The van der Waals surface area contributed by atoms with E-state index < -0.39 is 0 Å². The third kappa shape index (κ3) is 3.34. The Balaban J connectivity index is 0.000001000. The van der Waals surface area contributed by atoms with Crippen molar-refractivity contribution in [3.05, 3.63) is 12.7 Å². The van der Waals surface area contributed by atoms with Crippen LogP contribution in [-0.2, 0) is 6.54 Å². The number of aromatic nitrogens is 3. The quantitative estimate of drug-likeness (QED) is 0.731. The summed E-state index contributed by atoms with van der Waals surface area (Å²) < 4.78 is 1.62. The number of rotatable bonds is 3. The molecule has 0 aliphatic carbocycles. The van der Waals surface area contributed by atoms with Gasteiger partial charge in [0.1, 0.15) is 12.7 Å². The van der Waals surface area contributed by atoms with E-state index in [0.717, 1.165) is 6.42 Å². The first-order chi connectivity index (χ1) is 4.83. The molecule has 0 saturated heterocycles. The third-order valence-electron chi connectivity index (χ3n) is 1.34. The van der Waals surface area contributed by atoms with Crippen molar-refractivity contribution in [2.45, 2.75) is 26.0 Å². The molecule has 4 nitrogen and oxygen atoms in total. The zero-order chi connectivity index (χ0) is 7.40. The van der Waals surface area contributed by atoms with Crippen LogP contribution in [0.5, 0.6) is 0 Å². The van der Waals surface area contributed by atoms with E-state index in [1.807, 2.05) is 6.92 Å². The molecule has 0 bridgehead atoms. The van der Waals surface area contributed by atoms with Gasteiger partial charge in [0.05, 0.1) is 12.6 Å². The standard InChI is InChI=1S/C6H11N3O.ClH/c1-2-6(10)3-9-5-7-4-8-9;/h4-6,10H,2-3H2,1H3;1H. The van der Waals surface area contributed by atoms with Gasteiger partial charge in [0.15, 0.2) is 0 Å². The van der Waals surface area contributed by atoms with Crippen LogP contribution in [0.2, 0.25) is 0 Å². The number of halogens is 1. The Labute approximate surface area is 71.7 Å². The molecular weight excluding hydrogens is 166 g/mol. The van der Waals surface area contributed by atoms with E-state index in [1.165, 1.54) is 6.33 Å². The predicted octanol–water partition coefficient (Wildman–Crippen LogP) is 0.471. The Morgan fingerprint density at radius 1 is 1.64 bits per heavy atom. The monoisotopic (exact) mass is 177 g/mol. The predicted molar refractivity (Wildman–Crippen MR) is 43.6 cm³/mol. The highest BCUT2D eigenvalue weighted by Gasteiger charge is 2.00. The summed E-state index contributed by atoms with van der Waals surface area (Å²) in [5.74, 6) is 0. The van der Waals surface area contributed by atoms with Gasteiger partial charge in [-0.1, -0.05) is 6.92 Å². The van der Waals surface area contributed by atoms with E-state index in [4.69, 9.17) is 5.11 Å². The van der Waals surface area contributed by atoms with Crippen molar-refractivity contribution in [1.29, 1.82) is 0 Å². The van der Waals surface area contributed by atoms with Crippen LogP contribution in [0.3, 0.4) is 0 Å². The van der Waals surface area contributed by atoms with Crippen LogP contribution in [0.1, 0.15) is 13.3 Å². The fraction of sp³-hybridized carbons (Fsp3) is 0.667. The van der Waals surface area contributed by atoms with Gasteiger partial charge in [0.2, 0.25) is 0 Å². The van der Waals surface area contributed by atoms with Crippen molar-refractivity contribution >= 4 is 12.4 Å². The smallest absolute Gasteiger partial charge is 0.137 e. The molecule has 0 aliphatic rings. The number of nitrogens with zero attached hydrogens (tertiary/aromatic N) is 3. The Morgan fingerprint density at radius 3 is 2.82 bits per heavy atom. The molecule has 5 heteroatoms. The fourth-order valence-corrected chi connectivity index (χ4v) is 0.672. The zero-order valence-electron chi connectivity index (χ0n) is 6.34. The maximum Gasteiger partial charge on any atom is 0.137 e. The number of hydrogen-bond acceptors (Lipinski definition) is 3. The largest absolute Gasteiger partial charge is 0.391 e. The van der Waals surface area contributed by atoms with Gasteiger partial charge in [-0.2, -0.15) is 5.10 Å². The normalized spacial score (nSPS) is 12.2. The van der Waals surface area contributed by atoms with E-state index in [9.17, 15) is 0 Å². The fourth-order valence-electron chi connectivity index (χ4n) is 0.672. The molecule has 0 spiro atoms. The molecule has 1 unspecified atom stereocenters. The molecule has 1 rings (SSSR count). The van der Waals surface area contributed by atoms with Gasteiger partial charge in [-0.3, -0.25) is 4.68 Å². The topological polar surface area (TPSA) is 50.9 Å². The van der Waals surface area contributed by atoms with Crippen LogP contribution in [0.25, 0.3) is 0 Å². The van der Waals surface area contributed by atoms with Crippen molar-refractivity contribution < 1.29 is 5.11 Å². The summed E-state index contributed by atoms with van der Waals surface area (Å²) in [6, 6.07) is 0. The molecule has 1 atom stereocenters. The van der Waals surface area contributed by atoms with Crippen LogP contribution in [0.4, 0.5) is 0 Å². The molecule has 0 saturated carbocycles. The first kappa shape index (κ1) is 10.4. The van der Waals surface area contributed by atoms with Gasteiger partial charge in [-0.05, 0) is 6.42 Å². The lowest BCUT2D eigenvalue weighted by atomic mass is 10.3. The SMILES string of the molecule is CCC(O)Cn1cncn1.Cl. The number of aliphatic hydroxyl groups is 1. The average Bonchev–Trinajstić information content (AvgIpc) is 2.40. The van der Waals surface area contributed by atoms with Crippen LogP contribution in [0, 0.1) is 0 Å². The van der Waals surface area contributed by atoms with Crippen LogP contribution < -0.4 is 0 Å². The highest BCUT2D eigenvalue weighted by atomic mass is 35.5. The Morgan fingerprint density at radius 2 is 2.36 bits per heavy atom. The second-order valence-corrected chi connectivity index (χ2v) is 2.18. The third-order valence-corrected chi connectivity index (χ3v) is 1.34. The number of hydrogen-bond donors (Lipinski definition) is 1. The van der Waals surface area contributed by atoms with E-state index >= 15 is 0 Å². The van der Waals surface area contributed by atoms with Crippen molar-refractivity contribution in [2.24, 2.45) is 0 Å². The second kappa shape index (κ2) is 5.09. The minimum Gasteiger partial charge on any atom is -0.391 e. The Kier molecular flexibility index (Phi) is 4.81. The maximum absolute atomic E-state index is 9.14. The van der Waals surface area contributed by atoms with Gasteiger partial charge >= 0.3 is 0 Å². The van der Waals surface area contributed by atoms with E-state index in [-0.39, 0.29) is 18.5 Å². The first-order valence-corrected chi connectivity index (χ1v) is 3.33. The molecular formula is C6H12ClN3O. The van der Waals surface area contributed by atoms with Gasteiger partial charge in [0.25, 0.3) is 0 Å². The molecule has 1 aromatic heterocycles. The average molecular weight is 178 g/mol. The lowest BCUT2D eigenvalue weighted by Gasteiger charge is -2.05. The summed E-state index contributed by atoms with van der Waals surface area (Å²) >= 11 is 0. The highest BCUT2D eigenvalue weighted by Crippen LogP contribution is 1.92. The van der Waals surface area contributed by atoms with E-state index in [0.29, 0.717) is 6.54 Å². The molecule has 64 valence electrons. The molecule has 0 aliphatic heterocycles. The summed E-state index contributed by atoms with van der Waals surface area (Å²) in [5.41, 5.74) is 0. The molecule has 1 N–H and O–H groups in total. The lowest BCUT2D eigenvalue weighted by molar-refractivity contribution is 0.145. The van der Waals surface area contributed by atoms with Crippen molar-refractivity contribution in [3.63, 3.8) is 0 Å². The van der Waals surface area contributed by atoms with Gasteiger partial charge < -0.3 is 5.11 Å². The minimum absolute atomic E-state index is 0. The highest BCUT2D eigenvalue weighted by molar-refractivity contribution is 5.85. The summed E-state index contributed by atoms with van der Waals surface area (Å²) in [6.07, 6.45) is 3.50. The van der Waals surface area contributed by atoms with E-state index in [2.05, 4.69) is 10.1 Å². The van der Waals surface area contributed by atoms with Crippen LogP contribution in [0.15, 0.2) is 12.7 Å². The zero-order valence-corrected chi connectivity index (χ0v) is 7.16.